The van der Waals surface area contributed by atoms with Gasteiger partial charge in [-0.15, -0.1) is 0 Å². The Labute approximate surface area is 117 Å². The van der Waals surface area contributed by atoms with Crippen LogP contribution in [-0.4, -0.2) is 39.5 Å². The highest BCUT2D eigenvalue weighted by atomic mass is 16.6. The van der Waals surface area contributed by atoms with Gasteiger partial charge < -0.3 is 15.4 Å². The summed E-state index contributed by atoms with van der Waals surface area (Å²) in [5.74, 6) is 0. The standard InChI is InChI=1S/C13H19N5O2/c1-12(2,3)20-11(19)17-8-13(9-17,4-5-14)18-7-10(15)6-16-18/h6-7H,4,8-9,15H2,1-3H3. The van der Waals surface area contributed by atoms with E-state index < -0.39 is 11.1 Å². The van der Waals surface area contributed by atoms with Crippen LogP contribution in [0.25, 0.3) is 0 Å². The Kier molecular flexibility index (Phi) is 3.34. The van der Waals surface area contributed by atoms with Crippen molar-refractivity contribution in [2.75, 3.05) is 18.8 Å². The van der Waals surface area contributed by atoms with Gasteiger partial charge in [0.15, 0.2) is 0 Å². The largest absolute Gasteiger partial charge is 0.444 e. The molecule has 1 amide bonds. The van der Waals surface area contributed by atoms with Crippen LogP contribution in [0.5, 0.6) is 0 Å². The minimum absolute atomic E-state index is 0.271. The zero-order chi connectivity index (χ0) is 15.0. The minimum atomic E-state index is -0.527. The van der Waals surface area contributed by atoms with Gasteiger partial charge >= 0.3 is 6.09 Å². The van der Waals surface area contributed by atoms with Crippen LogP contribution in [0.15, 0.2) is 12.4 Å². The normalized spacial score (nSPS) is 17.2. The van der Waals surface area contributed by atoms with Gasteiger partial charge in [0.2, 0.25) is 0 Å². The lowest BCUT2D eigenvalue weighted by Gasteiger charge is -2.48. The molecular weight excluding hydrogens is 258 g/mol. The van der Waals surface area contributed by atoms with E-state index in [4.69, 9.17) is 15.7 Å². The molecule has 0 bridgehead atoms. The van der Waals surface area contributed by atoms with Crippen LogP contribution < -0.4 is 5.73 Å². The molecule has 0 spiro atoms. The van der Waals surface area contributed by atoms with Gasteiger partial charge in [0.25, 0.3) is 0 Å². The number of nitriles is 1. The number of amides is 1. The van der Waals surface area contributed by atoms with E-state index in [0.29, 0.717) is 18.8 Å². The zero-order valence-electron chi connectivity index (χ0n) is 12.0. The maximum absolute atomic E-state index is 11.9. The quantitative estimate of drug-likeness (QED) is 0.879. The van der Waals surface area contributed by atoms with Crippen molar-refractivity contribution in [1.82, 2.24) is 14.7 Å². The smallest absolute Gasteiger partial charge is 0.410 e. The zero-order valence-corrected chi connectivity index (χ0v) is 12.0. The van der Waals surface area contributed by atoms with E-state index in [1.807, 2.05) is 20.8 Å². The van der Waals surface area contributed by atoms with E-state index in [1.165, 1.54) is 6.20 Å². The minimum Gasteiger partial charge on any atom is -0.444 e. The Morgan fingerprint density at radius 1 is 1.60 bits per heavy atom. The number of carbonyl (C=O) groups is 1. The number of ether oxygens (including phenoxy) is 1. The lowest BCUT2D eigenvalue weighted by molar-refractivity contribution is -0.0314. The second kappa shape index (κ2) is 4.71. The van der Waals surface area contributed by atoms with Crippen molar-refractivity contribution in [1.29, 1.82) is 5.26 Å². The van der Waals surface area contributed by atoms with Gasteiger partial charge in [0, 0.05) is 6.20 Å². The number of anilines is 1. The van der Waals surface area contributed by atoms with E-state index in [9.17, 15) is 4.79 Å². The van der Waals surface area contributed by atoms with Crippen LogP contribution in [-0.2, 0) is 10.3 Å². The summed E-state index contributed by atoms with van der Waals surface area (Å²) in [7, 11) is 0. The average Bonchev–Trinajstić information content (AvgIpc) is 2.67. The van der Waals surface area contributed by atoms with Crippen molar-refractivity contribution in [3.63, 3.8) is 0 Å². The Morgan fingerprint density at radius 2 is 2.25 bits per heavy atom. The first-order valence-corrected chi connectivity index (χ1v) is 6.41. The van der Waals surface area contributed by atoms with Crippen molar-refractivity contribution in [3.05, 3.63) is 12.4 Å². The molecule has 1 aromatic heterocycles. The van der Waals surface area contributed by atoms with Crippen LogP contribution in [0, 0.1) is 11.3 Å². The van der Waals surface area contributed by atoms with E-state index in [-0.39, 0.29) is 12.5 Å². The lowest BCUT2D eigenvalue weighted by Crippen LogP contribution is -2.64. The number of nitrogens with zero attached hydrogens (tertiary/aromatic N) is 4. The molecule has 0 atom stereocenters. The molecule has 1 saturated heterocycles. The van der Waals surface area contributed by atoms with Gasteiger partial charge in [-0.25, -0.2) is 4.79 Å². The third-order valence-corrected chi connectivity index (χ3v) is 3.12. The predicted molar refractivity (Wildman–Crippen MR) is 72.7 cm³/mol. The summed E-state index contributed by atoms with van der Waals surface area (Å²) in [6.07, 6.45) is 3.12. The molecule has 0 radical (unpaired) electrons. The fourth-order valence-corrected chi connectivity index (χ4v) is 2.20. The molecule has 7 heteroatoms. The summed E-state index contributed by atoms with van der Waals surface area (Å²) < 4.78 is 6.98. The van der Waals surface area contributed by atoms with Crippen molar-refractivity contribution >= 4 is 11.8 Å². The van der Waals surface area contributed by atoms with E-state index in [1.54, 1.807) is 15.8 Å². The molecular formula is C13H19N5O2. The van der Waals surface area contributed by atoms with Gasteiger partial charge in [-0.2, -0.15) is 10.4 Å². The molecule has 2 rings (SSSR count). The Balaban J connectivity index is 2.07. The van der Waals surface area contributed by atoms with E-state index >= 15 is 0 Å². The molecule has 2 N–H and O–H groups in total. The molecule has 2 heterocycles. The van der Waals surface area contributed by atoms with E-state index in [2.05, 4.69) is 11.2 Å². The monoisotopic (exact) mass is 277 g/mol. The van der Waals surface area contributed by atoms with Crippen molar-refractivity contribution in [2.24, 2.45) is 0 Å². The third kappa shape index (κ3) is 2.69. The number of nitrogen functional groups attached to an aromatic ring is 1. The van der Waals surface area contributed by atoms with Gasteiger partial charge in [-0.3, -0.25) is 4.68 Å². The average molecular weight is 277 g/mol. The Morgan fingerprint density at radius 3 is 2.70 bits per heavy atom. The molecule has 7 nitrogen and oxygen atoms in total. The molecule has 0 unspecified atom stereocenters. The maximum Gasteiger partial charge on any atom is 0.410 e. The van der Waals surface area contributed by atoms with E-state index in [0.717, 1.165) is 0 Å². The molecule has 1 aliphatic heterocycles. The number of nitrogens with two attached hydrogens (primary N) is 1. The Hall–Kier alpha value is -2.23. The van der Waals surface area contributed by atoms with Crippen LogP contribution in [0.3, 0.4) is 0 Å². The molecule has 1 aromatic rings. The Bertz CT molecular complexity index is 546. The third-order valence-electron chi connectivity index (χ3n) is 3.12. The summed E-state index contributed by atoms with van der Waals surface area (Å²) in [6.45, 7) is 6.26. The first-order valence-electron chi connectivity index (χ1n) is 6.41. The molecule has 108 valence electrons. The highest BCUT2D eigenvalue weighted by Crippen LogP contribution is 2.33. The number of hydrogen-bond donors (Lipinski definition) is 1. The first-order chi connectivity index (χ1) is 9.26. The van der Waals surface area contributed by atoms with Crippen LogP contribution in [0.4, 0.5) is 10.5 Å². The maximum atomic E-state index is 11.9. The fraction of sp³-hybridized carbons (Fsp3) is 0.615. The number of hydrogen-bond acceptors (Lipinski definition) is 5. The number of aromatic nitrogens is 2. The summed E-state index contributed by atoms with van der Waals surface area (Å²) in [5.41, 5.74) is 5.17. The second-order valence-corrected chi connectivity index (χ2v) is 6.11. The predicted octanol–water partition coefficient (Wildman–Crippen LogP) is 1.32. The molecule has 1 aliphatic rings. The summed E-state index contributed by atoms with van der Waals surface area (Å²) in [4.78, 5) is 13.5. The van der Waals surface area contributed by atoms with Gasteiger partial charge in [0.1, 0.15) is 11.1 Å². The van der Waals surface area contributed by atoms with Crippen molar-refractivity contribution in [3.8, 4) is 6.07 Å². The highest BCUT2D eigenvalue weighted by molar-refractivity contribution is 5.69. The topological polar surface area (TPSA) is 97.2 Å². The SMILES string of the molecule is CC(C)(C)OC(=O)N1CC(CC#N)(n2cc(N)cn2)C1. The van der Waals surface area contributed by atoms with Gasteiger partial charge in [-0.05, 0) is 20.8 Å². The number of likely N-dealkylation sites (tertiary alicyclic amines) is 1. The summed E-state index contributed by atoms with van der Waals surface area (Å²) in [6, 6.07) is 2.15. The van der Waals surface area contributed by atoms with Gasteiger partial charge in [0.05, 0.1) is 37.5 Å². The van der Waals surface area contributed by atoms with Crippen LogP contribution in [0.1, 0.15) is 27.2 Å². The van der Waals surface area contributed by atoms with Crippen molar-refractivity contribution < 1.29 is 9.53 Å². The molecule has 0 aromatic carbocycles. The number of rotatable bonds is 2. The number of carbonyl (C=O) groups excluding carboxylic acids is 1. The highest BCUT2D eigenvalue weighted by Gasteiger charge is 2.48. The lowest BCUT2D eigenvalue weighted by atomic mass is 9.87. The molecule has 1 fully saturated rings. The second-order valence-electron chi connectivity index (χ2n) is 6.11. The summed E-state index contributed by atoms with van der Waals surface area (Å²) >= 11 is 0. The van der Waals surface area contributed by atoms with Crippen LogP contribution in [0.2, 0.25) is 0 Å². The molecule has 0 saturated carbocycles. The molecule has 0 aliphatic carbocycles. The van der Waals surface area contributed by atoms with Crippen LogP contribution >= 0.6 is 0 Å². The summed E-state index contributed by atoms with van der Waals surface area (Å²) in [5, 5.41) is 13.1. The first kappa shape index (κ1) is 14.2. The van der Waals surface area contributed by atoms with Gasteiger partial charge in [-0.1, -0.05) is 0 Å². The fourth-order valence-electron chi connectivity index (χ4n) is 2.20. The molecule has 20 heavy (non-hydrogen) atoms. The van der Waals surface area contributed by atoms with Crippen molar-refractivity contribution in [2.45, 2.75) is 38.3 Å².